The second kappa shape index (κ2) is 10.5. The molecule has 35 heavy (non-hydrogen) atoms. The number of H-pyrrole nitrogens is 1. The second-order valence-corrected chi connectivity index (χ2v) is 7.49. The molecule has 1 N–H and O–H groups in total. The maximum atomic E-state index is 12.4. The lowest BCUT2D eigenvalue weighted by molar-refractivity contribution is -0.267. The van der Waals surface area contributed by atoms with Crippen molar-refractivity contribution in [2.24, 2.45) is 0 Å². The van der Waals surface area contributed by atoms with Crippen molar-refractivity contribution in [3.63, 3.8) is 0 Å². The highest BCUT2D eigenvalue weighted by molar-refractivity contribution is 5.71. The zero-order chi connectivity index (χ0) is 25.9. The molecule has 15 nitrogen and oxygen atoms in total. The van der Waals surface area contributed by atoms with Gasteiger partial charge in [0.25, 0.3) is 11.6 Å². The number of nitrogens with one attached hydrogen (secondary N) is 1. The Morgan fingerprint density at radius 2 is 1.57 bits per heavy atom. The number of methoxy groups -OCH3 is 1. The summed E-state index contributed by atoms with van der Waals surface area (Å²) in [5.41, 5.74) is -0.707. The fourth-order valence-electron chi connectivity index (χ4n) is 3.62. The fraction of sp³-hybridized carbons (Fsp3) is 0.550. The number of esters is 4. The summed E-state index contributed by atoms with van der Waals surface area (Å²) in [6.07, 6.45) is -5.38. The number of carbonyl (C=O) groups excluding carboxylic acids is 4. The SMILES string of the molecule is COc1nc2c(ncn2[C@@H]2O[C@H](COC(C)=O)[C@@H](OC(C)=O)[C@H](OC(C)=O)[C@H]2OC(C)=O)c(=O)[nH]1. The molecule has 0 amide bonds. The molecule has 15 heteroatoms. The quantitative estimate of drug-likeness (QED) is 0.378. The summed E-state index contributed by atoms with van der Waals surface area (Å²) in [5.74, 6) is -2.95. The Balaban J connectivity index is 2.18. The van der Waals surface area contributed by atoms with Gasteiger partial charge in [0, 0.05) is 27.7 Å². The van der Waals surface area contributed by atoms with Crippen LogP contribution in [-0.2, 0) is 42.9 Å². The van der Waals surface area contributed by atoms with E-state index in [-0.39, 0.29) is 17.2 Å². The fourth-order valence-corrected chi connectivity index (χ4v) is 3.62. The van der Waals surface area contributed by atoms with Crippen molar-refractivity contribution in [2.75, 3.05) is 13.7 Å². The van der Waals surface area contributed by atoms with Gasteiger partial charge in [0.05, 0.1) is 13.4 Å². The third-order valence-electron chi connectivity index (χ3n) is 4.84. The van der Waals surface area contributed by atoms with Crippen molar-refractivity contribution >= 4 is 35.0 Å². The van der Waals surface area contributed by atoms with Crippen LogP contribution in [0.4, 0.5) is 0 Å². The van der Waals surface area contributed by atoms with Gasteiger partial charge < -0.3 is 28.4 Å². The number of hydrogen-bond acceptors (Lipinski definition) is 13. The molecule has 1 fully saturated rings. The van der Waals surface area contributed by atoms with Crippen LogP contribution >= 0.6 is 0 Å². The van der Waals surface area contributed by atoms with E-state index in [4.69, 9.17) is 28.4 Å². The van der Waals surface area contributed by atoms with E-state index in [2.05, 4.69) is 15.0 Å². The van der Waals surface area contributed by atoms with Crippen molar-refractivity contribution in [1.82, 2.24) is 19.5 Å². The minimum atomic E-state index is -1.39. The molecule has 0 radical (unpaired) electrons. The molecule has 0 spiro atoms. The number of rotatable bonds is 7. The first kappa shape index (κ1) is 25.6. The van der Waals surface area contributed by atoms with Gasteiger partial charge in [-0.3, -0.25) is 33.5 Å². The summed E-state index contributed by atoms with van der Waals surface area (Å²) in [4.78, 5) is 70.2. The molecule has 3 heterocycles. The van der Waals surface area contributed by atoms with Crippen LogP contribution in [0.5, 0.6) is 6.01 Å². The Morgan fingerprint density at radius 3 is 2.14 bits per heavy atom. The molecule has 2 aromatic rings. The van der Waals surface area contributed by atoms with Gasteiger partial charge in [-0.1, -0.05) is 0 Å². The van der Waals surface area contributed by atoms with E-state index in [9.17, 15) is 24.0 Å². The first-order chi connectivity index (χ1) is 16.5. The standard InChI is InChI=1S/C20H24N4O11/c1-8(25)31-6-12-14(32-9(2)26)15(33-10(3)27)16(34-11(4)28)19(35-12)24-7-21-13-17(24)22-20(30-5)23-18(13)29/h7,12,14-16,19H,6H2,1-5H3,(H,22,23,29)/t12-,14-,15+,16-,19-/m1/s1. The Bertz CT molecular complexity index is 1190. The molecule has 2 aromatic heterocycles. The van der Waals surface area contributed by atoms with Crippen LogP contribution in [0.1, 0.15) is 33.9 Å². The summed E-state index contributed by atoms with van der Waals surface area (Å²) in [6, 6.07) is -0.130. The van der Waals surface area contributed by atoms with E-state index in [1.165, 1.54) is 18.0 Å². The monoisotopic (exact) mass is 496 g/mol. The van der Waals surface area contributed by atoms with Crippen LogP contribution in [-0.4, -0.2) is 81.5 Å². The Kier molecular flexibility index (Phi) is 7.68. The normalized spacial score (nSPS) is 23.9. The van der Waals surface area contributed by atoms with Crippen molar-refractivity contribution in [1.29, 1.82) is 0 Å². The molecule has 5 atom stereocenters. The molecule has 0 saturated carbocycles. The molecular weight excluding hydrogens is 472 g/mol. The van der Waals surface area contributed by atoms with Crippen molar-refractivity contribution < 1.29 is 47.6 Å². The summed E-state index contributed by atoms with van der Waals surface area (Å²) in [6.45, 7) is 4.11. The van der Waals surface area contributed by atoms with Gasteiger partial charge in [-0.25, -0.2) is 4.98 Å². The number of aromatic nitrogens is 4. The Hall–Kier alpha value is -4.01. The summed E-state index contributed by atoms with van der Waals surface area (Å²) >= 11 is 0. The molecule has 0 aliphatic carbocycles. The van der Waals surface area contributed by atoms with Crippen LogP contribution < -0.4 is 10.3 Å². The number of imidazole rings is 1. The van der Waals surface area contributed by atoms with Crippen LogP contribution in [0, 0.1) is 0 Å². The van der Waals surface area contributed by atoms with Crippen LogP contribution in [0.2, 0.25) is 0 Å². The highest BCUT2D eigenvalue weighted by Crippen LogP contribution is 2.35. The summed E-state index contributed by atoms with van der Waals surface area (Å²) in [5, 5.41) is 0. The third-order valence-corrected chi connectivity index (χ3v) is 4.84. The van der Waals surface area contributed by atoms with Gasteiger partial charge in [0.2, 0.25) is 0 Å². The van der Waals surface area contributed by atoms with Gasteiger partial charge in [-0.15, -0.1) is 0 Å². The van der Waals surface area contributed by atoms with Crippen LogP contribution in [0.3, 0.4) is 0 Å². The molecule has 3 rings (SSSR count). The molecule has 1 saturated heterocycles. The second-order valence-electron chi connectivity index (χ2n) is 7.49. The average Bonchev–Trinajstić information content (AvgIpc) is 3.18. The topological polar surface area (TPSA) is 187 Å². The highest BCUT2D eigenvalue weighted by atomic mass is 16.7. The molecule has 190 valence electrons. The predicted molar refractivity (Wildman–Crippen MR) is 112 cm³/mol. The van der Waals surface area contributed by atoms with Crippen LogP contribution in [0.25, 0.3) is 11.2 Å². The van der Waals surface area contributed by atoms with Crippen molar-refractivity contribution in [3.05, 3.63) is 16.7 Å². The van der Waals surface area contributed by atoms with E-state index >= 15 is 0 Å². The van der Waals surface area contributed by atoms with Gasteiger partial charge in [-0.05, 0) is 0 Å². The maximum absolute atomic E-state index is 12.4. The maximum Gasteiger partial charge on any atom is 0.303 e. The minimum absolute atomic E-state index is 0.00787. The van der Waals surface area contributed by atoms with E-state index in [0.29, 0.717) is 0 Å². The predicted octanol–water partition coefficient (Wildman–Crippen LogP) is -0.616. The Labute approximate surface area is 197 Å². The summed E-state index contributed by atoms with van der Waals surface area (Å²) < 4.78 is 33.5. The van der Waals surface area contributed by atoms with Crippen LogP contribution in [0.15, 0.2) is 11.1 Å². The zero-order valence-electron chi connectivity index (χ0n) is 19.5. The first-order valence-corrected chi connectivity index (χ1v) is 10.3. The van der Waals surface area contributed by atoms with E-state index in [0.717, 1.165) is 27.7 Å². The summed E-state index contributed by atoms with van der Waals surface area (Å²) in [7, 11) is 1.29. The number of aromatic amines is 1. The van der Waals surface area contributed by atoms with E-state index in [1.54, 1.807) is 0 Å². The van der Waals surface area contributed by atoms with Gasteiger partial charge >= 0.3 is 23.9 Å². The van der Waals surface area contributed by atoms with Crippen molar-refractivity contribution in [3.8, 4) is 6.01 Å². The number of hydrogen-bond donors (Lipinski definition) is 1. The van der Waals surface area contributed by atoms with Crippen molar-refractivity contribution in [2.45, 2.75) is 58.3 Å². The smallest absolute Gasteiger partial charge is 0.303 e. The molecule has 0 bridgehead atoms. The molecular formula is C20H24N4O11. The number of fused-ring (bicyclic) bond motifs is 1. The van der Waals surface area contributed by atoms with Gasteiger partial charge in [0.15, 0.2) is 35.7 Å². The molecule has 1 aliphatic heterocycles. The third kappa shape index (κ3) is 5.74. The van der Waals surface area contributed by atoms with E-state index in [1.807, 2.05) is 0 Å². The molecule has 0 unspecified atom stereocenters. The average molecular weight is 496 g/mol. The first-order valence-electron chi connectivity index (χ1n) is 10.3. The largest absolute Gasteiger partial charge is 0.468 e. The number of ether oxygens (including phenoxy) is 6. The molecule has 1 aliphatic rings. The lowest BCUT2D eigenvalue weighted by Crippen LogP contribution is -2.60. The highest BCUT2D eigenvalue weighted by Gasteiger charge is 2.53. The minimum Gasteiger partial charge on any atom is -0.468 e. The lowest BCUT2D eigenvalue weighted by atomic mass is 9.97. The van der Waals surface area contributed by atoms with E-state index < -0.39 is 66.7 Å². The van der Waals surface area contributed by atoms with Gasteiger partial charge in [-0.2, -0.15) is 4.98 Å². The zero-order valence-corrected chi connectivity index (χ0v) is 19.5. The number of carbonyl (C=O) groups is 4. The van der Waals surface area contributed by atoms with Gasteiger partial charge in [0.1, 0.15) is 12.7 Å². The lowest BCUT2D eigenvalue weighted by Gasteiger charge is -2.44. The Morgan fingerprint density at radius 1 is 0.971 bits per heavy atom. The molecule has 0 aromatic carbocycles. The number of nitrogens with zero attached hydrogens (tertiary/aromatic N) is 3.